The van der Waals surface area contributed by atoms with Crippen LogP contribution in [0.1, 0.15) is 70.6 Å². The van der Waals surface area contributed by atoms with Gasteiger partial charge in [-0.2, -0.15) is 0 Å². The van der Waals surface area contributed by atoms with Gasteiger partial charge in [0, 0.05) is 16.1 Å². The highest BCUT2D eigenvalue weighted by molar-refractivity contribution is 6.31. The van der Waals surface area contributed by atoms with Gasteiger partial charge in [0.25, 0.3) is 6.43 Å². The average molecular weight is 333 g/mol. The molecule has 0 fully saturated rings. The van der Waals surface area contributed by atoms with Crippen LogP contribution in [0, 0.1) is 5.41 Å². The van der Waals surface area contributed by atoms with E-state index in [9.17, 15) is 13.6 Å². The van der Waals surface area contributed by atoms with Crippen LogP contribution >= 0.6 is 11.6 Å². The number of hydrogen-bond donors (Lipinski definition) is 0. The molecule has 1 rings (SSSR count). The Hall–Kier alpha value is -1.16. The van der Waals surface area contributed by atoms with Crippen LogP contribution in [0.3, 0.4) is 0 Å². The first-order chi connectivity index (χ1) is 10.2. The fourth-order valence-corrected chi connectivity index (χ4v) is 2.16. The summed E-state index contributed by atoms with van der Waals surface area (Å²) in [6, 6.07) is 4.06. The predicted octanol–water partition coefficient (Wildman–Crippen LogP) is 6.10. The molecule has 2 nitrogen and oxygen atoms in total. The largest absolute Gasteiger partial charge is 0.457 e. The third-order valence-corrected chi connectivity index (χ3v) is 3.64. The zero-order valence-electron chi connectivity index (χ0n) is 13.5. The standard InChI is InChI=1S/C17H23ClF2O2/c1-5-6-7-14(22-16(21)17(2,3)4)12-10-11(15(19)20)8-9-13(12)18/h8-10,14-15H,5-7H2,1-4H3. The van der Waals surface area contributed by atoms with Gasteiger partial charge in [-0.15, -0.1) is 0 Å². The van der Waals surface area contributed by atoms with Crippen LogP contribution in [0.25, 0.3) is 0 Å². The van der Waals surface area contributed by atoms with Crippen LogP contribution in [0.5, 0.6) is 0 Å². The average Bonchev–Trinajstić information content (AvgIpc) is 2.42. The Balaban J connectivity index is 3.10. The molecule has 124 valence electrons. The molecule has 22 heavy (non-hydrogen) atoms. The summed E-state index contributed by atoms with van der Waals surface area (Å²) in [7, 11) is 0. The second-order valence-electron chi connectivity index (χ2n) is 6.37. The molecular formula is C17H23ClF2O2. The number of carbonyl (C=O) groups is 1. The van der Waals surface area contributed by atoms with Gasteiger partial charge in [0.1, 0.15) is 6.10 Å². The number of alkyl halides is 2. The molecule has 0 saturated carbocycles. The van der Waals surface area contributed by atoms with E-state index in [-0.39, 0.29) is 11.5 Å². The van der Waals surface area contributed by atoms with Gasteiger partial charge in [-0.3, -0.25) is 4.79 Å². The van der Waals surface area contributed by atoms with E-state index in [1.807, 2.05) is 6.92 Å². The summed E-state index contributed by atoms with van der Waals surface area (Å²) in [5, 5.41) is 0.340. The van der Waals surface area contributed by atoms with E-state index in [2.05, 4.69) is 0 Å². The highest BCUT2D eigenvalue weighted by atomic mass is 35.5. The van der Waals surface area contributed by atoms with Gasteiger partial charge >= 0.3 is 5.97 Å². The Morgan fingerprint density at radius 3 is 2.45 bits per heavy atom. The predicted molar refractivity (Wildman–Crippen MR) is 84.2 cm³/mol. The molecule has 0 spiro atoms. The molecule has 0 aliphatic rings. The Bertz CT molecular complexity index is 510. The van der Waals surface area contributed by atoms with Crippen molar-refractivity contribution in [2.75, 3.05) is 0 Å². The van der Waals surface area contributed by atoms with Gasteiger partial charge < -0.3 is 4.74 Å². The summed E-state index contributed by atoms with van der Waals surface area (Å²) < 4.78 is 31.3. The third-order valence-electron chi connectivity index (χ3n) is 3.30. The molecule has 1 aromatic carbocycles. The molecule has 0 aromatic heterocycles. The van der Waals surface area contributed by atoms with E-state index in [0.717, 1.165) is 12.8 Å². The maximum atomic E-state index is 12.9. The van der Waals surface area contributed by atoms with E-state index in [1.165, 1.54) is 18.2 Å². The van der Waals surface area contributed by atoms with Crippen LogP contribution < -0.4 is 0 Å². The molecule has 0 saturated heterocycles. The first-order valence-corrected chi connectivity index (χ1v) is 7.83. The van der Waals surface area contributed by atoms with Gasteiger partial charge in [0.15, 0.2) is 0 Å². The Morgan fingerprint density at radius 1 is 1.32 bits per heavy atom. The molecule has 0 amide bonds. The third kappa shape index (κ3) is 5.24. The smallest absolute Gasteiger partial charge is 0.311 e. The van der Waals surface area contributed by atoms with Crippen LogP contribution in [-0.4, -0.2) is 5.97 Å². The van der Waals surface area contributed by atoms with Crippen molar-refractivity contribution in [3.63, 3.8) is 0 Å². The number of rotatable bonds is 6. The SMILES string of the molecule is CCCCC(OC(=O)C(C)(C)C)c1cc(C(F)F)ccc1Cl. The Kier molecular flexibility index (Phi) is 6.79. The minimum atomic E-state index is -2.58. The lowest BCUT2D eigenvalue weighted by atomic mass is 9.96. The van der Waals surface area contributed by atoms with Crippen molar-refractivity contribution in [1.29, 1.82) is 0 Å². The summed E-state index contributed by atoms with van der Waals surface area (Å²) in [5.41, 5.74) is -0.324. The lowest BCUT2D eigenvalue weighted by molar-refractivity contribution is -0.159. The highest BCUT2D eigenvalue weighted by Crippen LogP contribution is 2.34. The minimum Gasteiger partial charge on any atom is -0.457 e. The maximum Gasteiger partial charge on any atom is 0.311 e. The molecule has 0 N–H and O–H groups in total. The number of benzene rings is 1. The van der Waals surface area contributed by atoms with Crippen molar-refractivity contribution < 1.29 is 18.3 Å². The summed E-state index contributed by atoms with van der Waals surface area (Å²) in [6.07, 6.45) is -0.892. The summed E-state index contributed by atoms with van der Waals surface area (Å²) in [5.74, 6) is -0.368. The summed E-state index contributed by atoms with van der Waals surface area (Å²) in [6.45, 7) is 7.27. The molecular weight excluding hydrogens is 310 g/mol. The molecule has 1 unspecified atom stereocenters. The summed E-state index contributed by atoms with van der Waals surface area (Å²) >= 11 is 6.14. The minimum absolute atomic E-state index is 0.118. The lowest BCUT2D eigenvalue weighted by Crippen LogP contribution is -2.25. The van der Waals surface area contributed by atoms with Gasteiger partial charge in [0.2, 0.25) is 0 Å². The molecule has 0 radical (unpaired) electrons. The topological polar surface area (TPSA) is 26.3 Å². The fraction of sp³-hybridized carbons (Fsp3) is 0.588. The van der Waals surface area contributed by atoms with E-state index in [1.54, 1.807) is 20.8 Å². The molecule has 0 heterocycles. The van der Waals surface area contributed by atoms with Gasteiger partial charge in [0.05, 0.1) is 5.41 Å². The van der Waals surface area contributed by atoms with Crippen LogP contribution in [0.15, 0.2) is 18.2 Å². The first-order valence-electron chi connectivity index (χ1n) is 7.45. The first kappa shape index (κ1) is 18.9. The second-order valence-corrected chi connectivity index (χ2v) is 6.78. The lowest BCUT2D eigenvalue weighted by Gasteiger charge is -2.24. The van der Waals surface area contributed by atoms with Gasteiger partial charge in [-0.25, -0.2) is 8.78 Å². The molecule has 0 aliphatic heterocycles. The van der Waals surface area contributed by atoms with Crippen LogP contribution in [0.4, 0.5) is 8.78 Å². The monoisotopic (exact) mass is 332 g/mol. The van der Waals surface area contributed by atoms with Crippen molar-refractivity contribution in [2.45, 2.75) is 59.5 Å². The van der Waals surface area contributed by atoms with E-state index >= 15 is 0 Å². The fourth-order valence-electron chi connectivity index (χ4n) is 1.92. The van der Waals surface area contributed by atoms with Crippen LogP contribution in [-0.2, 0) is 9.53 Å². The number of carbonyl (C=O) groups excluding carboxylic acids is 1. The highest BCUT2D eigenvalue weighted by Gasteiger charge is 2.28. The van der Waals surface area contributed by atoms with E-state index in [4.69, 9.17) is 16.3 Å². The summed E-state index contributed by atoms with van der Waals surface area (Å²) in [4.78, 5) is 12.1. The number of esters is 1. The van der Waals surface area contributed by atoms with Gasteiger partial charge in [-0.05, 0) is 45.7 Å². The van der Waals surface area contributed by atoms with Crippen molar-refractivity contribution in [3.05, 3.63) is 34.3 Å². The molecule has 0 bridgehead atoms. The number of unbranched alkanes of at least 4 members (excludes halogenated alkanes) is 1. The Morgan fingerprint density at radius 2 is 1.95 bits per heavy atom. The van der Waals surface area contributed by atoms with Crippen molar-refractivity contribution in [3.8, 4) is 0 Å². The van der Waals surface area contributed by atoms with Crippen molar-refractivity contribution in [2.24, 2.45) is 5.41 Å². The number of hydrogen-bond acceptors (Lipinski definition) is 2. The maximum absolute atomic E-state index is 12.9. The number of halogens is 3. The zero-order chi connectivity index (χ0) is 16.9. The second kappa shape index (κ2) is 7.91. The van der Waals surface area contributed by atoms with E-state index < -0.39 is 17.9 Å². The normalized spacial score (nSPS) is 13.3. The van der Waals surface area contributed by atoms with Crippen molar-refractivity contribution in [1.82, 2.24) is 0 Å². The Labute approximate surface area is 135 Å². The van der Waals surface area contributed by atoms with Crippen molar-refractivity contribution >= 4 is 17.6 Å². The molecule has 1 atom stereocenters. The van der Waals surface area contributed by atoms with Crippen LogP contribution in [0.2, 0.25) is 5.02 Å². The molecule has 5 heteroatoms. The number of ether oxygens (including phenoxy) is 1. The van der Waals surface area contributed by atoms with Gasteiger partial charge in [-0.1, -0.05) is 31.0 Å². The zero-order valence-corrected chi connectivity index (χ0v) is 14.2. The quantitative estimate of drug-likeness (QED) is 0.588. The molecule has 0 aliphatic carbocycles. The molecule has 1 aromatic rings. The van der Waals surface area contributed by atoms with E-state index in [0.29, 0.717) is 17.0 Å².